The molecule has 3 aromatic carbocycles. The zero-order valence-electron chi connectivity index (χ0n) is 15.2. The predicted octanol–water partition coefficient (Wildman–Crippen LogP) is 5.55. The van der Waals surface area contributed by atoms with Crippen LogP contribution in [-0.2, 0) is 17.0 Å². The molecule has 1 heterocycles. The maximum atomic E-state index is 12.3. The van der Waals surface area contributed by atoms with E-state index in [-0.39, 0.29) is 5.91 Å². The molecule has 0 saturated heterocycles. The van der Waals surface area contributed by atoms with Crippen LogP contribution < -0.4 is 5.32 Å². The third kappa shape index (κ3) is 4.77. The molecule has 0 fully saturated rings. The van der Waals surface area contributed by atoms with Gasteiger partial charge in [-0.1, -0.05) is 95.9 Å². The number of carbonyl (C=O) groups excluding carboxylic acids is 1. The minimum atomic E-state index is -0.0382. The standard InChI is InChI=1S/C22H19N3OS2/c26-20(14-13-18-11-6-10-17-9-4-5-12-19(17)18)23-21-24-25-22(28-21)27-15-16-7-2-1-3-8-16/h1-12H,13-15H2,(H,23,24,26). The monoisotopic (exact) mass is 405 g/mol. The van der Waals surface area contributed by atoms with Crippen molar-refractivity contribution in [1.82, 2.24) is 10.2 Å². The van der Waals surface area contributed by atoms with Gasteiger partial charge in [0.2, 0.25) is 11.0 Å². The van der Waals surface area contributed by atoms with Gasteiger partial charge in [0.15, 0.2) is 4.34 Å². The topological polar surface area (TPSA) is 54.9 Å². The number of thioether (sulfide) groups is 1. The molecule has 140 valence electrons. The Hall–Kier alpha value is -2.70. The van der Waals surface area contributed by atoms with E-state index in [1.54, 1.807) is 11.8 Å². The number of nitrogens with one attached hydrogen (secondary N) is 1. The summed E-state index contributed by atoms with van der Waals surface area (Å²) in [6.45, 7) is 0. The van der Waals surface area contributed by atoms with Gasteiger partial charge in [-0.05, 0) is 28.3 Å². The van der Waals surface area contributed by atoms with E-state index in [1.165, 1.54) is 33.2 Å². The molecule has 4 nitrogen and oxygen atoms in total. The lowest BCUT2D eigenvalue weighted by Gasteiger charge is -2.06. The highest BCUT2D eigenvalue weighted by Gasteiger charge is 2.10. The van der Waals surface area contributed by atoms with Crippen molar-refractivity contribution in [3.8, 4) is 0 Å². The Bertz CT molecular complexity index is 1070. The molecule has 4 rings (SSSR count). The third-order valence-corrected chi connectivity index (χ3v) is 6.40. The van der Waals surface area contributed by atoms with Gasteiger partial charge in [0.05, 0.1) is 0 Å². The maximum Gasteiger partial charge on any atom is 0.226 e. The highest BCUT2D eigenvalue weighted by atomic mass is 32.2. The van der Waals surface area contributed by atoms with E-state index in [9.17, 15) is 4.79 Å². The molecule has 0 unspecified atom stereocenters. The van der Waals surface area contributed by atoms with E-state index in [0.717, 1.165) is 10.1 Å². The van der Waals surface area contributed by atoms with Crippen molar-refractivity contribution >= 4 is 44.9 Å². The fourth-order valence-electron chi connectivity index (χ4n) is 2.98. The molecule has 0 aliphatic heterocycles. The van der Waals surface area contributed by atoms with Gasteiger partial charge in [-0.2, -0.15) is 0 Å². The molecule has 1 amide bonds. The molecule has 4 aromatic rings. The molecule has 0 spiro atoms. The van der Waals surface area contributed by atoms with Crippen LogP contribution >= 0.6 is 23.1 Å². The summed E-state index contributed by atoms with van der Waals surface area (Å²) in [4.78, 5) is 12.3. The number of rotatable bonds is 7. The summed E-state index contributed by atoms with van der Waals surface area (Å²) in [5, 5.41) is 14.1. The lowest BCUT2D eigenvalue weighted by Crippen LogP contribution is -2.12. The molecule has 1 aromatic heterocycles. The summed E-state index contributed by atoms with van der Waals surface area (Å²) in [7, 11) is 0. The van der Waals surface area contributed by atoms with E-state index >= 15 is 0 Å². The molecule has 0 aliphatic carbocycles. The van der Waals surface area contributed by atoms with Crippen LogP contribution in [0.15, 0.2) is 77.1 Å². The smallest absolute Gasteiger partial charge is 0.226 e. The molecule has 0 aliphatic rings. The van der Waals surface area contributed by atoms with E-state index < -0.39 is 0 Å². The summed E-state index contributed by atoms with van der Waals surface area (Å²) in [5.74, 6) is 0.800. The Labute approximate surface area is 172 Å². The second-order valence-electron chi connectivity index (χ2n) is 6.33. The molecule has 0 bridgehead atoms. The molecule has 1 N–H and O–H groups in total. The first kappa shape index (κ1) is 18.7. The van der Waals surface area contributed by atoms with Crippen LogP contribution in [0.3, 0.4) is 0 Å². The van der Waals surface area contributed by atoms with Crippen molar-refractivity contribution < 1.29 is 4.79 Å². The number of amides is 1. The van der Waals surface area contributed by atoms with Crippen LogP contribution in [-0.4, -0.2) is 16.1 Å². The zero-order valence-corrected chi connectivity index (χ0v) is 16.8. The summed E-state index contributed by atoms with van der Waals surface area (Å²) >= 11 is 3.04. The number of fused-ring (bicyclic) bond motifs is 1. The average Bonchev–Trinajstić information content (AvgIpc) is 3.18. The van der Waals surface area contributed by atoms with Crippen LogP contribution in [0.5, 0.6) is 0 Å². The molecule has 0 atom stereocenters. The van der Waals surface area contributed by atoms with E-state index in [4.69, 9.17) is 0 Å². The minimum Gasteiger partial charge on any atom is -0.300 e. The highest BCUT2D eigenvalue weighted by Crippen LogP contribution is 2.28. The van der Waals surface area contributed by atoms with Crippen molar-refractivity contribution in [2.24, 2.45) is 0 Å². The first-order valence-electron chi connectivity index (χ1n) is 9.05. The van der Waals surface area contributed by atoms with Crippen molar-refractivity contribution in [2.75, 3.05) is 5.32 Å². The summed E-state index contributed by atoms with van der Waals surface area (Å²) in [5.41, 5.74) is 2.42. The van der Waals surface area contributed by atoms with Crippen LogP contribution in [0.25, 0.3) is 10.8 Å². The number of benzene rings is 3. The quantitative estimate of drug-likeness (QED) is 0.323. The first-order valence-corrected chi connectivity index (χ1v) is 10.8. The highest BCUT2D eigenvalue weighted by molar-refractivity contribution is 8.00. The van der Waals surface area contributed by atoms with Gasteiger partial charge in [0.1, 0.15) is 0 Å². The number of aryl methyl sites for hydroxylation is 1. The normalized spacial score (nSPS) is 10.9. The Morgan fingerprint density at radius 1 is 0.929 bits per heavy atom. The van der Waals surface area contributed by atoms with E-state index in [0.29, 0.717) is 18.0 Å². The van der Waals surface area contributed by atoms with Crippen LogP contribution in [0.2, 0.25) is 0 Å². The summed E-state index contributed by atoms with van der Waals surface area (Å²) in [6, 6.07) is 24.7. The average molecular weight is 406 g/mol. The molecule has 0 saturated carbocycles. The predicted molar refractivity (Wildman–Crippen MR) is 117 cm³/mol. The van der Waals surface area contributed by atoms with Gasteiger partial charge in [-0.3, -0.25) is 4.79 Å². The third-order valence-electron chi connectivity index (χ3n) is 4.36. The fourth-order valence-corrected chi connectivity index (χ4v) is 4.70. The first-order chi connectivity index (χ1) is 13.8. The van der Waals surface area contributed by atoms with Gasteiger partial charge in [0, 0.05) is 12.2 Å². The minimum absolute atomic E-state index is 0.0382. The summed E-state index contributed by atoms with van der Waals surface area (Å²) < 4.78 is 0.855. The maximum absolute atomic E-state index is 12.3. The Balaban J connectivity index is 1.31. The summed E-state index contributed by atoms with van der Waals surface area (Å²) in [6.07, 6.45) is 1.11. The Morgan fingerprint density at radius 2 is 1.71 bits per heavy atom. The number of carbonyl (C=O) groups is 1. The van der Waals surface area contributed by atoms with Gasteiger partial charge < -0.3 is 5.32 Å². The number of aromatic nitrogens is 2. The van der Waals surface area contributed by atoms with Gasteiger partial charge in [0.25, 0.3) is 0 Å². The molecule has 0 radical (unpaired) electrons. The lowest BCUT2D eigenvalue weighted by molar-refractivity contribution is -0.116. The van der Waals surface area contributed by atoms with Crippen molar-refractivity contribution in [3.63, 3.8) is 0 Å². The molecule has 6 heteroatoms. The number of hydrogen-bond acceptors (Lipinski definition) is 5. The van der Waals surface area contributed by atoms with Crippen LogP contribution in [0, 0.1) is 0 Å². The second kappa shape index (κ2) is 8.99. The zero-order chi connectivity index (χ0) is 19.2. The van der Waals surface area contributed by atoms with Gasteiger partial charge in [-0.25, -0.2) is 0 Å². The SMILES string of the molecule is O=C(CCc1cccc2ccccc12)Nc1nnc(SCc2ccccc2)s1. The largest absolute Gasteiger partial charge is 0.300 e. The molecular weight excluding hydrogens is 386 g/mol. The number of nitrogens with zero attached hydrogens (tertiary/aromatic N) is 2. The molecular formula is C22H19N3OS2. The van der Waals surface area contributed by atoms with Gasteiger partial charge >= 0.3 is 0 Å². The van der Waals surface area contributed by atoms with Crippen LogP contribution in [0.1, 0.15) is 17.5 Å². The second-order valence-corrected chi connectivity index (χ2v) is 8.53. The number of hydrogen-bond donors (Lipinski definition) is 1. The number of anilines is 1. The van der Waals surface area contributed by atoms with Gasteiger partial charge in [-0.15, -0.1) is 10.2 Å². The Morgan fingerprint density at radius 3 is 2.61 bits per heavy atom. The van der Waals surface area contributed by atoms with Crippen molar-refractivity contribution in [2.45, 2.75) is 22.9 Å². The molecule has 28 heavy (non-hydrogen) atoms. The van der Waals surface area contributed by atoms with Crippen LogP contribution in [0.4, 0.5) is 5.13 Å². The van der Waals surface area contributed by atoms with E-state index in [2.05, 4.69) is 51.9 Å². The van der Waals surface area contributed by atoms with E-state index in [1.807, 2.05) is 36.4 Å². The lowest BCUT2D eigenvalue weighted by atomic mass is 10.0. The Kier molecular flexibility index (Phi) is 5.99. The van der Waals surface area contributed by atoms with Crippen molar-refractivity contribution in [3.05, 3.63) is 83.9 Å². The van der Waals surface area contributed by atoms with Crippen molar-refractivity contribution in [1.29, 1.82) is 0 Å². The fraction of sp³-hybridized carbons (Fsp3) is 0.136.